The van der Waals surface area contributed by atoms with Crippen molar-refractivity contribution in [2.24, 2.45) is 5.73 Å². The van der Waals surface area contributed by atoms with Crippen molar-refractivity contribution in [2.75, 3.05) is 11.9 Å². The number of amides is 3. The number of nitrogens with two attached hydrogens (primary N) is 1. The Kier molecular flexibility index (Phi) is 15.9. The van der Waals surface area contributed by atoms with Crippen LogP contribution in [0.5, 0.6) is 0 Å². The quantitative estimate of drug-likeness (QED) is 0.121. The van der Waals surface area contributed by atoms with Crippen LogP contribution in [-0.4, -0.2) is 42.2 Å². The van der Waals surface area contributed by atoms with Gasteiger partial charge in [-0.1, -0.05) is 66.7 Å². The molecule has 0 spiro atoms. The second-order valence-electron chi connectivity index (χ2n) is 9.72. The van der Waals surface area contributed by atoms with Crippen LogP contribution in [0.15, 0.2) is 78.9 Å². The molecule has 0 saturated carbocycles. The van der Waals surface area contributed by atoms with Gasteiger partial charge in [0, 0.05) is 24.7 Å². The van der Waals surface area contributed by atoms with Crippen LogP contribution in [0.4, 0.5) is 5.69 Å². The van der Waals surface area contributed by atoms with Crippen LogP contribution in [0, 0.1) is 5.41 Å². The Hall–Kier alpha value is -3.92. The zero-order valence-corrected chi connectivity index (χ0v) is 25.4. The molecule has 3 rings (SSSR count). The lowest BCUT2D eigenvalue weighted by Gasteiger charge is -2.21. The number of carbonyl (C=O) groups is 3. The summed E-state index contributed by atoms with van der Waals surface area (Å²) >= 11 is 0. The molecule has 9 nitrogen and oxygen atoms in total. The summed E-state index contributed by atoms with van der Waals surface area (Å²) in [7, 11) is 0. The van der Waals surface area contributed by atoms with Gasteiger partial charge in [0.25, 0.3) is 0 Å². The number of aryl methyl sites for hydroxylation is 1. The van der Waals surface area contributed by atoms with Crippen molar-refractivity contribution in [3.05, 3.63) is 101 Å². The minimum Gasteiger partial charge on any atom is -0.384 e. The predicted octanol–water partition coefficient (Wildman–Crippen LogP) is 3.73. The molecule has 0 aliphatic heterocycles. The summed E-state index contributed by atoms with van der Waals surface area (Å²) in [6.45, 7) is 4.01. The number of benzene rings is 3. The van der Waals surface area contributed by atoms with Gasteiger partial charge in [-0.2, -0.15) is 0 Å². The summed E-state index contributed by atoms with van der Waals surface area (Å²) in [5, 5.41) is 19.3. The van der Waals surface area contributed by atoms with Crippen molar-refractivity contribution in [1.29, 1.82) is 5.41 Å². The first kappa shape index (κ1) is 36.1. The molecule has 226 valence electrons. The maximum atomic E-state index is 13.2. The average molecular weight is 616 g/mol. The number of hydrogen-bond acceptors (Lipinski definition) is 5. The Bertz CT molecular complexity index is 1290. The average Bonchev–Trinajstić information content (AvgIpc) is 2.94. The van der Waals surface area contributed by atoms with Crippen molar-refractivity contribution in [1.82, 2.24) is 16.0 Å². The minimum absolute atomic E-state index is 0. The molecule has 3 aromatic carbocycles. The van der Waals surface area contributed by atoms with Crippen LogP contribution in [0.2, 0.25) is 0 Å². The van der Waals surface area contributed by atoms with Gasteiger partial charge in [-0.15, -0.1) is 24.8 Å². The van der Waals surface area contributed by atoms with E-state index in [1.54, 1.807) is 31.2 Å². The molecule has 2 atom stereocenters. The maximum absolute atomic E-state index is 13.2. The fourth-order valence-electron chi connectivity index (χ4n) is 4.15. The highest BCUT2D eigenvalue weighted by molar-refractivity contribution is 5.95. The molecule has 0 aliphatic carbocycles. The van der Waals surface area contributed by atoms with Gasteiger partial charge in [-0.25, -0.2) is 0 Å². The highest BCUT2D eigenvalue weighted by Crippen LogP contribution is 2.11. The number of rotatable bonds is 14. The van der Waals surface area contributed by atoms with Gasteiger partial charge in [0.15, 0.2) is 0 Å². The van der Waals surface area contributed by atoms with Gasteiger partial charge < -0.3 is 27.0 Å². The van der Waals surface area contributed by atoms with E-state index in [4.69, 9.17) is 11.1 Å². The van der Waals surface area contributed by atoms with Gasteiger partial charge in [0.1, 0.15) is 11.9 Å². The molecule has 3 aromatic rings. The normalized spacial score (nSPS) is 11.6. The third kappa shape index (κ3) is 12.3. The van der Waals surface area contributed by atoms with Gasteiger partial charge in [0.05, 0.1) is 6.04 Å². The van der Waals surface area contributed by atoms with Crippen LogP contribution >= 0.6 is 24.8 Å². The predicted molar refractivity (Wildman–Crippen MR) is 172 cm³/mol. The molecular formula is C31H40Cl2N6O3. The lowest BCUT2D eigenvalue weighted by Crippen LogP contribution is -2.52. The molecule has 0 unspecified atom stereocenters. The van der Waals surface area contributed by atoms with E-state index in [0.717, 1.165) is 22.4 Å². The van der Waals surface area contributed by atoms with E-state index in [9.17, 15) is 14.4 Å². The van der Waals surface area contributed by atoms with E-state index in [-0.39, 0.29) is 48.4 Å². The Morgan fingerprint density at radius 1 is 0.810 bits per heavy atom. The summed E-state index contributed by atoms with van der Waals surface area (Å²) in [6.07, 6.45) is 2.00. The van der Waals surface area contributed by atoms with Crippen LogP contribution < -0.4 is 27.0 Å². The topological polar surface area (TPSA) is 149 Å². The monoisotopic (exact) mass is 614 g/mol. The first-order valence-electron chi connectivity index (χ1n) is 13.4. The largest absolute Gasteiger partial charge is 0.384 e. The fraction of sp³-hybridized carbons (Fsp3) is 0.290. The molecule has 0 radical (unpaired) electrons. The van der Waals surface area contributed by atoms with Gasteiger partial charge >= 0.3 is 0 Å². The van der Waals surface area contributed by atoms with Crippen LogP contribution in [0.1, 0.15) is 42.5 Å². The molecule has 0 aliphatic rings. The Labute approximate surface area is 259 Å². The van der Waals surface area contributed by atoms with E-state index >= 15 is 0 Å². The van der Waals surface area contributed by atoms with E-state index in [2.05, 4.69) is 21.3 Å². The highest BCUT2D eigenvalue weighted by atomic mass is 35.5. The van der Waals surface area contributed by atoms with Crippen molar-refractivity contribution < 1.29 is 14.4 Å². The van der Waals surface area contributed by atoms with E-state index in [0.29, 0.717) is 37.9 Å². The van der Waals surface area contributed by atoms with Gasteiger partial charge in [-0.3, -0.25) is 19.8 Å². The zero-order chi connectivity index (χ0) is 28.9. The third-order valence-electron chi connectivity index (χ3n) is 6.44. The molecule has 0 aromatic heterocycles. The highest BCUT2D eigenvalue weighted by Gasteiger charge is 2.22. The second-order valence-corrected chi connectivity index (χ2v) is 9.72. The summed E-state index contributed by atoms with van der Waals surface area (Å²) in [5.41, 5.74) is 9.92. The number of anilines is 1. The summed E-state index contributed by atoms with van der Waals surface area (Å²) in [6, 6.07) is 23.5. The SMILES string of the molecule is CC(=O)Nc1ccc(CCN[C@H](CCc2ccccc2)C(=O)N[C@@H](C)C(=O)NCc2ccc(C(=N)N)cc2)cc1.Cl.Cl. The van der Waals surface area contributed by atoms with Crippen molar-refractivity contribution in [2.45, 2.75) is 51.7 Å². The lowest BCUT2D eigenvalue weighted by atomic mass is 10.0. The Morgan fingerprint density at radius 2 is 1.40 bits per heavy atom. The number of amidine groups is 1. The maximum Gasteiger partial charge on any atom is 0.242 e. The minimum atomic E-state index is -0.716. The molecule has 11 heteroatoms. The van der Waals surface area contributed by atoms with Gasteiger partial charge in [-0.05, 0) is 61.6 Å². The first-order valence-corrected chi connectivity index (χ1v) is 13.4. The summed E-state index contributed by atoms with van der Waals surface area (Å²) in [5.74, 6) is -0.648. The summed E-state index contributed by atoms with van der Waals surface area (Å²) in [4.78, 5) is 37.1. The fourth-order valence-corrected chi connectivity index (χ4v) is 4.15. The van der Waals surface area contributed by atoms with Gasteiger partial charge in [0.2, 0.25) is 17.7 Å². The number of nitrogen functional groups attached to an aromatic ring is 1. The van der Waals surface area contributed by atoms with E-state index in [1.165, 1.54) is 6.92 Å². The summed E-state index contributed by atoms with van der Waals surface area (Å²) < 4.78 is 0. The smallest absolute Gasteiger partial charge is 0.242 e. The zero-order valence-electron chi connectivity index (χ0n) is 23.8. The third-order valence-corrected chi connectivity index (χ3v) is 6.44. The molecule has 0 saturated heterocycles. The molecule has 0 bridgehead atoms. The molecular weight excluding hydrogens is 575 g/mol. The second kappa shape index (κ2) is 18.5. The van der Waals surface area contributed by atoms with Crippen molar-refractivity contribution >= 4 is 54.1 Å². The number of nitrogens with one attached hydrogen (secondary N) is 5. The van der Waals surface area contributed by atoms with Crippen LogP contribution in [0.3, 0.4) is 0 Å². The van der Waals surface area contributed by atoms with Crippen molar-refractivity contribution in [3.8, 4) is 0 Å². The van der Waals surface area contributed by atoms with E-state index < -0.39 is 12.1 Å². The number of hydrogen-bond donors (Lipinski definition) is 6. The van der Waals surface area contributed by atoms with E-state index in [1.807, 2.05) is 54.6 Å². The number of carbonyl (C=O) groups excluding carboxylic acids is 3. The Morgan fingerprint density at radius 3 is 2.00 bits per heavy atom. The molecule has 42 heavy (non-hydrogen) atoms. The van der Waals surface area contributed by atoms with Crippen LogP contribution in [0.25, 0.3) is 0 Å². The molecule has 0 fully saturated rings. The molecule has 7 N–H and O–H groups in total. The standard InChI is InChI=1S/C31H38N6O3.2ClH/c1-21(30(39)35-20-25-8-13-26(14-9-25)29(32)33)36-31(40)28(17-12-23-6-4-3-5-7-23)34-19-18-24-10-15-27(16-11-24)37-22(2)38;;/h3-11,13-16,21,28,34H,12,17-20H2,1-2H3,(H3,32,33)(H,35,39)(H,36,40)(H,37,38);2*1H/t21-,28+;;/m0../s1. The molecule has 0 heterocycles. The van der Waals surface area contributed by atoms with Crippen LogP contribution in [-0.2, 0) is 33.8 Å². The number of halogens is 2. The Balaban J connectivity index is 0.00000441. The first-order chi connectivity index (χ1) is 19.2. The van der Waals surface area contributed by atoms with Crippen molar-refractivity contribution in [3.63, 3.8) is 0 Å². The lowest BCUT2D eigenvalue weighted by molar-refractivity contribution is -0.129. The molecule has 3 amide bonds.